The van der Waals surface area contributed by atoms with Gasteiger partial charge in [-0.3, -0.25) is 0 Å². The van der Waals surface area contributed by atoms with E-state index < -0.39 is 0 Å². The average Bonchev–Trinajstić information content (AvgIpc) is 3.03. The molecule has 7 heteroatoms. The lowest BCUT2D eigenvalue weighted by molar-refractivity contribution is 0.565. The van der Waals surface area contributed by atoms with Crippen molar-refractivity contribution in [2.24, 2.45) is 0 Å². The second kappa shape index (κ2) is 4.34. The molecule has 0 unspecified atom stereocenters. The zero-order valence-electron chi connectivity index (χ0n) is 10.2. The summed E-state index contributed by atoms with van der Waals surface area (Å²) in [5, 5.41) is 12.8. The predicted molar refractivity (Wildman–Crippen MR) is 70.8 cm³/mol. The van der Waals surface area contributed by atoms with Gasteiger partial charge >= 0.3 is 0 Å². The second-order valence-electron chi connectivity index (χ2n) is 4.62. The van der Waals surface area contributed by atoms with Crippen LogP contribution in [0.4, 0.5) is 0 Å². The van der Waals surface area contributed by atoms with Gasteiger partial charge in [0.1, 0.15) is 5.65 Å². The molecular formula is C12H12N6S. The molecule has 0 radical (unpaired) electrons. The molecular weight excluding hydrogens is 260 g/mol. The van der Waals surface area contributed by atoms with Crippen molar-refractivity contribution < 1.29 is 0 Å². The largest absolute Gasteiger partial charge is 0.307 e. The van der Waals surface area contributed by atoms with E-state index in [0.29, 0.717) is 6.04 Å². The molecule has 0 saturated heterocycles. The summed E-state index contributed by atoms with van der Waals surface area (Å²) in [4.78, 5) is 4.57. The van der Waals surface area contributed by atoms with Crippen LogP contribution in [-0.2, 0) is 5.75 Å². The molecule has 3 aromatic heterocycles. The van der Waals surface area contributed by atoms with Gasteiger partial charge in [-0.25, -0.2) is 9.67 Å². The first-order chi connectivity index (χ1) is 9.40. The lowest BCUT2D eigenvalue weighted by Gasteiger charge is -1.99. The molecule has 0 amide bonds. The van der Waals surface area contributed by atoms with Gasteiger partial charge in [-0.2, -0.15) is 0 Å². The highest BCUT2D eigenvalue weighted by Crippen LogP contribution is 2.36. The molecule has 1 saturated carbocycles. The van der Waals surface area contributed by atoms with Gasteiger partial charge < -0.3 is 4.40 Å². The number of aromatic nitrogens is 6. The van der Waals surface area contributed by atoms with Crippen molar-refractivity contribution >= 4 is 17.4 Å². The lowest BCUT2D eigenvalue weighted by atomic mass is 10.5. The van der Waals surface area contributed by atoms with E-state index in [9.17, 15) is 0 Å². The van der Waals surface area contributed by atoms with E-state index >= 15 is 0 Å². The Hall–Kier alpha value is -1.89. The molecule has 3 heterocycles. The molecule has 0 aliphatic heterocycles. The Bertz CT molecular complexity index is 681. The number of rotatable bonds is 4. The smallest absolute Gasteiger partial charge is 0.209 e. The zero-order valence-corrected chi connectivity index (χ0v) is 11.0. The normalized spacial score (nSPS) is 15.2. The predicted octanol–water partition coefficient (Wildman–Crippen LogP) is 1.95. The highest BCUT2D eigenvalue weighted by molar-refractivity contribution is 7.98. The zero-order chi connectivity index (χ0) is 12.7. The van der Waals surface area contributed by atoms with E-state index in [2.05, 4.69) is 20.5 Å². The minimum absolute atomic E-state index is 0.513. The molecule has 3 aromatic rings. The summed E-state index contributed by atoms with van der Waals surface area (Å²) in [5.74, 6) is 0.786. The minimum atomic E-state index is 0.513. The fourth-order valence-electron chi connectivity index (χ4n) is 2.02. The number of fused-ring (bicyclic) bond motifs is 1. The molecule has 0 bridgehead atoms. The summed E-state index contributed by atoms with van der Waals surface area (Å²) in [6, 6.07) is 6.51. The molecule has 1 aliphatic carbocycles. The molecule has 1 fully saturated rings. The van der Waals surface area contributed by atoms with Crippen LogP contribution < -0.4 is 0 Å². The van der Waals surface area contributed by atoms with Crippen LogP contribution in [0, 0.1) is 0 Å². The minimum Gasteiger partial charge on any atom is -0.307 e. The maximum atomic E-state index is 4.57. The molecule has 4 rings (SSSR count). The van der Waals surface area contributed by atoms with Crippen LogP contribution in [0.1, 0.15) is 24.6 Å². The van der Waals surface area contributed by atoms with Crippen LogP contribution in [-0.4, -0.2) is 29.6 Å². The third-order valence-electron chi connectivity index (χ3n) is 3.12. The number of pyridine rings is 1. The van der Waals surface area contributed by atoms with Gasteiger partial charge in [0.15, 0.2) is 0 Å². The van der Waals surface area contributed by atoms with Gasteiger partial charge in [0.2, 0.25) is 5.16 Å². The number of thioether (sulfide) groups is 1. The first kappa shape index (κ1) is 11.0. The Morgan fingerprint density at radius 1 is 1.32 bits per heavy atom. The molecule has 96 valence electrons. The molecule has 0 spiro atoms. The van der Waals surface area contributed by atoms with Gasteiger partial charge in [-0.15, -0.1) is 5.10 Å². The van der Waals surface area contributed by atoms with E-state index in [0.717, 1.165) is 22.3 Å². The topological polar surface area (TPSA) is 60.9 Å². The third-order valence-corrected chi connectivity index (χ3v) is 4.09. The standard InChI is InChI=1S/C12H12N6S/c1-2-6-17-7-9(13-11(17)3-1)8-19-12-14-15-16-18(12)10-4-5-10/h1-3,6-7,10H,4-5,8H2. The van der Waals surface area contributed by atoms with Crippen molar-refractivity contribution in [3.05, 3.63) is 36.3 Å². The van der Waals surface area contributed by atoms with Gasteiger partial charge in [0.05, 0.1) is 11.7 Å². The average molecular weight is 272 g/mol. The summed E-state index contributed by atoms with van der Waals surface area (Å²) < 4.78 is 3.96. The Labute approximate surface area is 113 Å². The summed E-state index contributed by atoms with van der Waals surface area (Å²) in [7, 11) is 0. The fourth-order valence-corrected chi connectivity index (χ4v) is 2.85. The number of hydrogen-bond donors (Lipinski definition) is 0. The molecule has 6 nitrogen and oxygen atoms in total. The first-order valence-electron chi connectivity index (χ1n) is 6.23. The van der Waals surface area contributed by atoms with Crippen LogP contribution in [0.3, 0.4) is 0 Å². The Kier molecular flexibility index (Phi) is 2.51. The molecule has 1 aliphatic rings. The van der Waals surface area contributed by atoms with Crippen molar-refractivity contribution in [1.82, 2.24) is 29.6 Å². The SMILES string of the molecule is c1ccn2cc(CSc3nnnn3C3CC3)nc2c1. The van der Waals surface area contributed by atoms with Crippen molar-refractivity contribution in [1.29, 1.82) is 0 Å². The highest BCUT2D eigenvalue weighted by Gasteiger charge is 2.27. The number of tetrazole rings is 1. The molecule has 0 N–H and O–H groups in total. The fraction of sp³-hybridized carbons (Fsp3) is 0.333. The summed E-state index contributed by atoms with van der Waals surface area (Å²) >= 11 is 1.64. The van der Waals surface area contributed by atoms with Crippen LogP contribution in [0.25, 0.3) is 5.65 Å². The number of hydrogen-bond acceptors (Lipinski definition) is 5. The second-order valence-corrected chi connectivity index (χ2v) is 5.57. The number of nitrogens with zero attached hydrogens (tertiary/aromatic N) is 6. The molecule has 0 aromatic carbocycles. The third kappa shape index (κ3) is 2.10. The van der Waals surface area contributed by atoms with Gasteiger partial charge in [-0.05, 0) is 35.4 Å². The van der Waals surface area contributed by atoms with E-state index in [1.807, 2.05) is 39.7 Å². The maximum Gasteiger partial charge on any atom is 0.209 e. The lowest BCUT2D eigenvalue weighted by Crippen LogP contribution is -1.98. The van der Waals surface area contributed by atoms with E-state index in [4.69, 9.17) is 0 Å². The van der Waals surface area contributed by atoms with Gasteiger partial charge in [-0.1, -0.05) is 17.8 Å². The van der Waals surface area contributed by atoms with Crippen molar-refractivity contribution in [2.45, 2.75) is 29.8 Å². The monoisotopic (exact) mass is 272 g/mol. The first-order valence-corrected chi connectivity index (χ1v) is 7.22. The van der Waals surface area contributed by atoms with Gasteiger partial charge in [0.25, 0.3) is 0 Å². The van der Waals surface area contributed by atoms with Crippen LogP contribution in [0.2, 0.25) is 0 Å². The van der Waals surface area contributed by atoms with Crippen LogP contribution in [0.5, 0.6) is 0 Å². The van der Waals surface area contributed by atoms with E-state index in [1.54, 1.807) is 11.8 Å². The van der Waals surface area contributed by atoms with E-state index in [1.165, 1.54) is 12.8 Å². The maximum absolute atomic E-state index is 4.57. The van der Waals surface area contributed by atoms with Crippen LogP contribution >= 0.6 is 11.8 Å². The summed E-state index contributed by atoms with van der Waals surface area (Å²) in [6.45, 7) is 0. The van der Waals surface area contributed by atoms with E-state index in [-0.39, 0.29) is 0 Å². The molecule has 19 heavy (non-hydrogen) atoms. The summed E-state index contributed by atoms with van der Waals surface area (Å²) in [6.07, 6.45) is 6.43. The summed E-state index contributed by atoms with van der Waals surface area (Å²) in [5.41, 5.74) is 2.02. The van der Waals surface area contributed by atoms with Crippen molar-refractivity contribution in [3.63, 3.8) is 0 Å². The Balaban J connectivity index is 1.53. The Morgan fingerprint density at radius 2 is 2.26 bits per heavy atom. The molecule has 0 atom stereocenters. The highest BCUT2D eigenvalue weighted by atomic mass is 32.2. The quantitative estimate of drug-likeness (QED) is 0.679. The van der Waals surface area contributed by atoms with Crippen LogP contribution in [0.15, 0.2) is 35.7 Å². The Morgan fingerprint density at radius 3 is 3.11 bits per heavy atom. The van der Waals surface area contributed by atoms with Crippen molar-refractivity contribution in [3.8, 4) is 0 Å². The van der Waals surface area contributed by atoms with Gasteiger partial charge in [0, 0.05) is 18.1 Å². The van der Waals surface area contributed by atoms with Crippen molar-refractivity contribution in [2.75, 3.05) is 0 Å². The number of imidazole rings is 1.